The Morgan fingerprint density at radius 3 is 2.31 bits per heavy atom. The van der Waals surface area contributed by atoms with Gasteiger partial charge in [-0.2, -0.15) is 0 Å². The van der Waals surface area contributed by atoms with Crippen molar-refractivity contribution in [3.8, 4) is 0 Å². The Kier molecular flexibility index (Phi) is 14.3. The Hall–Kier alpha value is -1.17. The summed E-state index contributed by atoms with van der Waals surface area (Å²) in [7, 11) is 0. The lowest BCUT2D eigenvalue weighted by Crippen LogP contribution is -2.65. The fourth-order valence-corrected chi connectivity index (χ4v) is 5.60. The summed E-state index contributed by atoms with van der Waals surface area (Å²) in [6, 6.07) is -2.56. The van der Waals surface area contributed by atoms with Gasteiger partial charge in [-0.05, 0) is 26.2 Å². The third kappa shape index (κ3) is 9.69. The highest BCUT2D eigenvalue weighted by Gasteiger charge is 2.51. The highest BCUT2D eigenvalue weighted by Crippen LogP contribution is 2.35. The Bertz CT molecular complexity index is 938. The molecule has 16 N–H and O–H groups in total. The smallest absolute Gasteiger partial charge is 0.184 e. The van der Waals surface area contributed by atoms with Gasteiger partial charge in [-0.15, -0.1) is 0 Å². The van der Waals surface area contributed by atoms with E-state index >= 15 is 0 Å². The molecule has 2 heterocycles. The maximum absolute atomic E-state index is 11.6. The molecule has 0 aromatic heterocycles. The second-order valence-electron chi connectivity index (χ2n) is 12.6. The first kappa shape index (κ1) is 38.3. The molecule has 0 aromatic rings. The molecule has 0 amide bonds. The predicted molar refractivity (Wildman–Crippen MR) is 156 cm³/mol. The van der Waals surface area contributed by atoms with Crippen LogP contribution in [-0.4, -0.2) is 176 Å². The number of rotatable bonds is 14. The third-order valence-electron chi connectivity index (χ3n) is 8.87. The molecule has 16 atom stereocenters. The molecule has 45 heavy (non-hydrogen) atoms. The van der Waals surface area contributed by atoms with E-state index in [9.17, 15) is 35.7 Å². The minimum atomic E-state index is -1.89. The van der Waals surface area contributed by atoms with Crippen LogP contribution in [0, 0.1) is 5.92 Å². The number of aliphatic hydroxyl groups excluding tert-OH is 8. The van der Waals surface area contributed by atoms with E-state index in [1.54, 1.807) is 6.92 Å². The largest absolute Gasteiger partial charge is 0.394 e. The summed E-state index contributed by atoms with van der Waals surface area (Å²) in [6.45, 7) is 2.17. The summed E-state index contributed by atoms with van der Waals surface area (Å²) >= 11 is 0. The van der Waals surface area contributed by atoms with Gasteiger partial charge in [-0.3, -0.25) is 4.99 Å². The molecule has 2 aliphatic heterocycles. The number of nitrogens with zero attached hydrogens (tertiary/aromatic N) is 1. The highest BCUT2D eigenvalue weighted by molar-refractivity contribution is 5.85. The third-order valence-corrected chi connectivity index (χ3v) is 8.87. The molecular weight excluding hydrogens is 602 g/mol. The van der Waals surface area contributed by atoms with E-state index in [1.165, 1.54) is 6.92 Å². The Labute approximate surface area is 261 Å². The Balaban J connectivity index is 1.81. The molecule has 0 bridgehead atoms. The highest BCUT2D eigenvalue weighted by atomic mass is 16.7. The van der Waals surface area contributed by atoms with Crippen LogP contribution in [-0.2, 0) is 18.9 Å². The van der Waals surface area contributed by atoms with Crippen molar-refractivity contribution >= 4 is 5.84 Å². The van der Waals surface area contributed by atoms with E-state index in [0.29, 0.717) is 19.4 Å². The number of hydrogen-bond acceptors (Lipinski definition) is 17. The monoisotopic (exact) mass is 655 g/mol. The van der Waals surface area contributed by atoms with E-state index in [4.69, 9.17) is 46.4 Å². The summed E-state index contributed by atoms with van der Waals surface area (Å²) in [5, 5.41) is 94.0. The van der Waals surface area contributed by atoms with Crippen molar-refractivity contribution in [3.63, 3.8) is 0 Å². The molecule has 10 unspecified atom stereocenters. The van der Waals surface area contributed by atoms with Crippen LogP contribution in [0.25, 0.3) is 0 Å². The van der Waals surface area contributed by atoms with E-state index in [0.717, 1.165) is 0 Å². The molecule has 2 saturated heterocycles. The first-order valence-corrected chi connectivity index (χ1v) is 15.3. The normalized spacial score (nSPS) is 42.6. The summed E-state index contributed by atoms with van der Waals surface area (Å²) in [5.41, 5.74) is 17.3. The van der Waals surface area contributed by atoms with Crippen LogP contribution in [0.5, 0.6) is 0 Å². The van der Waals surface area contributed by atoms with Crippen molar-refractivity contribution in [2.24, 2.45) is 28.1 Å². The van der Waals surface area contributed by atoms with Gasteiger partial charge in [-0.25, -0.2) is 0 Å². The second-order valence-corrected chi connectivity index (χ2v) is 12.6. The maximum atomic E-state index is 11.6. The minimum Gasteiger partial charge on any atom is -0.394 e. The van der Waals surface area contributed by atoms with Crippen molar-refractivity contribution < 1.29 is 64.9 Å². The molecule has 18 nitrogen and oxygen atoms in total. The van der Waals surface area contributed by atoms with Gasteiger partial charge in [0, 0.05) is 25.0 Å². The average Bonchev–Trinajstić information content (AvgIpc) is 3.00. The fourth-order valence-electron chi connectivity index (χ4n) is 5.60. The Morgan fingerprint density at radius 1 is 1.00 bits per heavy atom. The zero-order chi connectivity index (χ0) is 33.6. The van der Waals surface area contributed by atoms with Crippen LogP contribution < -0.4 is 22.5 Å². The molecule has 264 valence electrons. The summed E-state index contributed by atoms with van der Waals surface area (Å²) < 4.78 is 23.8. The zero-order valence-electron chi connectivity index (χ0n) is 25.7. The topological polar surface area (TPSA) is 321 Å². The Morgan fingerprint density at radius 2 is 1.67 bits per heavy atom. The lowest BCUT2D eigenvalue weighted by molar-refractivity contribution is -0.312. The lowest BCUT2D eigenvalue weighted by Gasteiger charge is -2.48. The number of amidine groups is 1. The van der Waals surface area contributed by atoms with Crippen molar-refractivity contribution in [3.05, 3.63) is 0 Å². The van der Waals surface area contributed by atoms with Gasteiger partial charge in [0.25, 0.3) is 0 Å². The second kappa shape index (κ2) is 16.8. The van der Waals surface area contributed by atoms with Gasteiger partial charge in [0.15, 0.2) is 12.6 Å². The van der Waals surface area contributed by atoms with Crippen LogP contribution in [0.15, 0.2) is 4.99 Å². The van der Waals surface area contributed by atoms with Crippen LogP contribution >= 0.6 is 0 Å². The zero-order valence-corrected chi connectivity index (χ0v) is 25.7. The van der Waals surface area contributed by atoms with Gasteiger partial charge in [0.2, 0.25) is 0 Å². The van der Waals surface area contributed by atoms with E-state index in [-0.39, 0.29) is 25.7 Å². The van der Waals surface area contributed by atoms with Crippen molar-refractivity contribution in [1.82, 2.24) is 5.32 Å². The SMILES string of the molecule is C[C@@H]1C(O)[C@@H](OC2C(O)C(O[C@H]3O[C@H](CNCC(O)CO)CCC3N)[C@@H](N)C[C@H]2N=C(N)C(O)C(O)C(O)CO)OCC1(C)O. The molecule has 1 aliphatic carbocycles. The molecule has 3 rings (SSSR count). The number of aliphatic hydroxyl groups is 9. The summed E-state index contributed by atoms with van der Waals surface area (Å²) in [5.74, 6) is -1.22. The van der Waals surface area contributed by atoms with Gasteiger partial charge in [0.05, 0.1) is 49.7 Å². The molecule has 3 fully saturated rings. The maximum Gasteiger partial charge on any atom is 0.184 e. The first-order chi connectivity index (χ1) is 21.1. The van der Waals surface area contributed by atoms with E-state index < -0.39 is 110 Å². The predicted octanol–water partition coefficient (Wildman–Crippen LogP) is -6.47. The average molecular weight is 656 g/mol. The standard InChI is InChI=1S/C27H53N5O13/c1-11-18(37)26(42-10-27(11,2)41)45-23-16(32-24(30)20(39)19(38)17(36)9-34)5-15(29)22(21(23)40)44-25-14(28)4-3-13(43-25)7-31-6-12(35)8-33/h11-23,25-26,31,33-41H,3-10,28-29H2,1-2H3,(H2,30,32)/t11-,12?,13+,14?,15+,16-,17?,18?,19?,20?,21?,22?,23?,25-,26-,27?/m1/s1. The van der Waals surface area contributed by atoms with Gasteiger partial charge in [-0.1, -0.05) is 6.92 Å². The molecule has 0 aromatic carbocycles. The number of nitrogens with two attached hydrogens (primary N) is 3. The summed E-state index contributed by atoms with van der Waals surface area (Å²) in [4.78, 5) is 4.24. The van der Waals surface area contributed by atoms with Crippen LogP contribution in [0.3, 0.4) is 0 Å². The van der Waals surface area contributed by atoms with Crippen molar-refractivity contribution in [2.45, 2.75) is 124 Å². The molecule has 3 aliphatic rings. The van der Waals surface area contributed by atoms with Gasteiger partial charge in [0.1, 0.15) is 48.6 Å². The number of aliphatic imine (C=N–C) groups is 1. The van der Waals surface area contributed by atoms with Crippen molar-refractivity contribution in [2.75, 3.05) is 32.9 Å². The molecule has 0 spiro atoms. The van der Waals surface area contributed by atoms with Gasteiger partial charge >= 0.3 is 0 Å². The lowest BCUT2D eigenvalue weighted by atomic mass is 9.82. The molecular formula is C27H53N5O13. The minimum absolute atomic E-state index is 0.0411. The molecule has 1 saturated carbocycles. The number of nitrogens with one attached hydrogen (secondary N) is 1. The number of ether oxygens (including phenoxy) is 4. The van der Waals surface area contributed by atoms with E-state index in [1.807, 2.05) is 0 Å². The number of hydrogen-bond donors (Lipinski definition) is 13. The first-order valence-electron chi connectivity index (χ1n) is 15.3. The quantitative estimate of drug-likeness (QED) is 0.0611. The van der Waals surface area contributed by atoms with Gasteiger partial charge < -0.3 is 87.4 Å². The van der Waals surface area contributed by atoms with Crippen LogP contribution in [0.4, 0.5) is 0 Å². The molecule has 18 heteroatoms. The fraction of sp³-hybridized carbons (Fsp3) is 0.963. The van der Waals surface area contributed by atoms with Crippen molar-refractivity contribution in [1.29, 1.82) is 0 Å². The van der Waals surface area contributed by atoms with Crippen LogP contribution in [0.2, 0.25) is 0 Å². The van der Waals surface area contributed by atoms with Crippen LogP contribution in [0.1, 0.15) is 33.1 Å². The summed E-state index contributed by atoms with van der Waals surface area (Å²) in [6.07, 6.45) is -13.3. The molecule has 0 radical (unpaired) electrons. The van der Waals surface area contributed by atoms with E-state index in [2.05, 4.69) is 10.3 Å².